The zero-order valence-corrected chi connectivity index (χ0v) is 15.4. The molecule has 0 amide bonds. The molecule has 6 heteroatoms. The van der Waals surface area contributed by atoms with Crippen LogP contribution in [0.1, 0.15) is 29.8 Å². The Morgan fingerprint density at radius 3 is 2.95 bits per heavy atom. The topological polar surface area (TPSA) is 41.6 Å². The van der Waals surface area contributed by atoms with Crippen molar-refractivity contribution in [3.05, 3.63) is 32.9 Å². The van der Waals surface area contributed by atoms with Crippen molar-refractivity contribution in [3.63, 3.8) is 0 Å². The van der Waals surface area contributed by atoms with Crippen molar-refractivity contribution in [1.82, 2.24) is 10.2 Å². The number of hydrogen-bond acceptors (Lipinski definition) is 4. The van der Waals surface area contributed by atoms with Gasteiger partial charge in [-0.1, -0.05) is 12.1 Å². The van der Waals surface area contributed by atoms with Gasteiger partial charge >= 0.3 is 5.97 Å². The van der Waals surface area contributed by atoms with Gasteiger partial charge in [0.25, 0.3) is 0 Å². The summed E-state index contributed by atoms with van der Waals surface area (Å²) < 4.78 is 6.12. The van der Waals surface area contributed by atoms with Crippen LogP contribution in [0.15, 0.2) is 18.2 Å². The number of hydrogen-bond donors (Lipinski definition) is 1. The molecule has 2 rings (SSSR count). The van der Waals surface area contributed by atoms with Gasteiger partial charge in [0.1, 0.15) is 0 Å². The molecule has 1 saturated heterocycles. The van der Waals surface area contributed by atoms with E-state index in [1.807, 2.05) is 19.1 Å². The third kappa shape index (κ3) is 4.81. The first-order valence-corrected chi connectivity index (χ1v) is 8.10. The Morgan fingerprint density at radius 1 is 1.52 bits per heavy atom. The summed E-state index contributed by atoms with van der Waals surface area (Å²) in [7, 11) is 0. The summed E-state index contributed by atoms with van der Waals surface area (Å²) in [5.41, 5.74) is 1.87. The second-order valence-corrected chi connectivity index (χ2v) is 6.10. The molecule has 1 aliphatic rings. The lowest BCUT2D eigenvalue weighted by molar-refractivity contribution is 0.0524. The van der Waals surface area contributed by atoms with E-state index in [0.717, 1.165) is 29.7 Å². The molecule has 0 aromatic heterocycles. The first-order valence-electron chi connectivity index (χ1n) is 7.02. The number of nitrogens with one attached hydrogen (secondary N) is 1. The molecule has 1 N–H and O–H groups in total. The second kappa shape index (κ2) is 8.92. The molecule has 0 aliphatic carbocycles. The van der Waals surface area contributed by atoms with Crippen LogP contribution in [0, 0.1) is 3.57 Å². The molecule has 1 unspecified atom stereocenters. The molecule has 21 heavy (non-hydrogen) atoms. The normalized spacial score (nSPS) is 18.9. The Morgan fingerprint density at radius 2 is 2.29 bits per heavy atom. The van der Waals surface area contributed by atoms with E-state index in [9.17, 15) is 4.79 Å². The smallest absolute Gasteiger partial charge is 0.339 e. The van der Waals surface area contributed by atoms with E-state index in [2.05, 4.69) is 45.8 Å². The van der Waals surface area contributed by atoms with Crippen molar-refractivity contribution in [2.75, 3.05) is 26.2 Å². The standard InChI is InChI=1S/C15H21IN2O2.ClH/c1-3-20-15(19)13-6-4-5-12(14(13)16)10-18-8-7-17-9-11(18)2;/h4-6,11,17H,3,7-10H2,1-2H3;1H. The lowest BCUT2D eigenvalue weighted by Crippen LogP contribution is -2.49. The number of ether oxygens (including phenoxy) is 1. The average Bonchev–Trinajstić information content (AvgIpc) is 2.43. The van der Waals surface area contributed by atoms with E-state index < -0.39 is 0 Å². The Bertz CT molecular complexity index is 485. The highest BCUT2D eigenvalue weighted by molar-refractivity contribution is 14.1. The van der Waals surface area contributed by atoms with Crippen LogP contribution in [0.4, 0.5) is 0 Å². The fourth-order valence-corrected chi connectivity index (χ4v) is 3.16. The van der Waals surface area contributed by atoms with Gasteiger partial charge in [0.2, 0.25) is 0 Å². The lowest BCUT2D eigenvalue weighted by atomic mass is 10.1. The summed E-state index contributed by atoms with van der Waals surface area (Å²) in [6.45, 7) is 8.45. The number of carbonyl (C=O) groups is 1. The molecule has 0 radical (unpaired) electrons. The fraction of sp³-hybridized carbons (Fsp3) is 0.533. The summed E-state index contributed by atoms with van der Waals surface area (Å²) >= 11 is 2.26. The maximum absolute atomic E-state index is 11.9. The molecule has 0 saturated carbocycles. The van der Waals surface area contributed by atoms with Crippen LogP contribution in [0.5, 0.6) is 0 Å². The first kappa shape index (κ1) is 18.7. The third-order valence-corrected chi connectivity index (χ3v) is 4.86. The van der Waals surface area contributed by atoms with E-state index in [4.69, 9.17) is 4.74 Å². The highest BCUT2D eigenvalue weighted by Crippen LogP contribution is 2.21. The predicted octanol–water partition coefficient (Wildman–Crippen LogP) is 2.68. The molecule has 1 aromatic carbocycles. The molecule has 1 heterocycles. The van der Waals surface area contributed by atoms with Crippen LogP contribution < -0.4 is 5.32 Å². The molecule has 4 nitrogen and oxygen atoms in total. The van der Waals surface area contributed by atoms with Gasteiger partial charge in [0, 0.05) is 35.8 Å². The van der Waals surface area contributed by atoms with Crippen molar-refractivity contribution < 1.29 is 9.53 Å². The Labute approximate surface area is 146 Å². The van der Waals surface area contributed by atoms with Crippen LogP contribution in [-0.4, -0.2) is 43.2 Å². The molecule has 1 atom stereocenters. The van der Waals surface area contributed by atoms with Gasteiger partial charge in [0.05, 0.1) is 12.2 Å². The fourth-order valence-electron chi connectivity index (χ4n) is 2.41. The third-order valence-electron chi connectivity index (χ3n) is 3.59. The molecule has 0 spiro atoms. The summed E-state index contributed by atoms with van der Waals surface area (Å²) in [6.07, 6.45) is 0. The van der Waals surface area contributed by atoms with E-state index in [1.54, 1.807) is 0 Å². The monoisotopic (exact) mass is 424 g/mol. The number of halogens is 2. The number of nitrogens with zero attached hydrogens (tertiary/aromatic N) is 1. The maximum Gasteiger partial charge on any atom is 0.339 e. The number of rotatable bonds is 4. The molecule has 0 bridgehead atoms. The van der Waals surface area contributed by atoms with Crippen molar-refractivity contribution in [2.45, 2.75) is 26.4 Å². The van der Waals surface area contributed by atoms with Gasteiger partial charge in [-0.3, -0.25) is 4.90 Å². The van der Waals surface area contributed by atoms with Crippen LogP contribution >= 0.6 is 35.0 Å². The van der Waals surface area contributed by atoms with Crippen LogP contribution in [0.2, 0.25) is 0 Å². The van der Waals surface area contributed by atoms with Crippen molar-refractivity contribution in [2.24, 2.45) is 0 Å². The SMILES string of the molecule is CCOC(=O)c1cccc(CN2CCNCC2C)c1I.Cl. The maximum atomic E-state index is 11.9. The van der Waals surface area contributed by atoms with E-state index in [-0.39, 0.29) is 18.4 Å². The molecule has 1 aromatic rings. The number of carbonyl (C=O) groups excluding carboxylic acids is 1. The van der Waals surface area contributed by atoms with Gasteiger partial charge in [-0.05, 0) is 48.1 Å². The zero-order chi connectivity index (χ0) is 14.5. The minimum atomic E-state index is -0.230. The quantitative estimate of drug-likeness (QED) is 0.596. The van der Waals surface area contributed by atoms with Gasteiger partial charge in [-0.15, -0.1) is 12.4 Å². The Hall–Kier alpha value is -0.370. The highest BCUT2D eigenvalue weighted by atomic mass is 127. The Balaban J connectivity index is 0.00000220. The Kier molecular flexibility index (Phi) is 7.94. The van der Waals surface area contributed by atoms with Crippen molar-refractivity contribution in [1.29, 1.82) is 0 Å². The second-order valence-electron chi connectivity index (χ2n) is 5.02. The van der Waals surface area contributed by atoms with Gasteiger partial charge in [0.15, 0.2) is 0 Å². The highest BCUT2D eigenvalue weighted by Gasteiger charge is 2.20. The van der Waals surface area contributed by atoms with Gasteiger partial charge in [-0.2, -0.15) is 0 Å². The predicted molar refractivity (Wildman–Crippen MR) is 95.1 cm³/mol. The largest absolute Gasteiger partial charge is 0.462 e. The average molecular weight is 425 g/mol. The first-order chi connectivity index (χ1) is 9.63. The summed E-state index contributed by atoms with van der Waals surface area (Å²) in [4.78, 5) is 14.4. The van der Waals surface area contributed by atoms with Gasteiger partial charge in [-0.25, -0.2) is 4.79 Å². The van der Waals surface area contributed by atoms with Crippen LogP contribution in [0.25, 0.3) is 0 Å². The van der Waals surface area contributed by atoms with Crippen LogP contribution in [0.3, 0.4) is 0 Å². The summed E-state index contributed by atoms with van der Waals surface area (Å²) in [6, 6.07) is 6.39. The summed E-state index contributed by atoms with van der Waals surface area (Å²) in [5, 5.41) is 3.39. The van der Waals surface area contributed by atoms with Crippen molar-refractivity contribution in [3.8, 4) is 0 Å². The minimum Gasteiger partial charge on any atom is -0.462 e. The van der Waals surface area contributed by atoms with Gasteiger partial charge < -0.3 is 10.1 Å². The lowest BCUT2D eigenvalue weighted by Gasteiger charge is -2.34. The van der Waals surface area contributed by atoms with Crippen molar-refractivity contribution >= 4 is 41.0 Å². The van der Waals surface area contributed by atoms with E-state index in [0.29, 0.717) is 18.2 Å². The molecule has 118 valence electrons. The van der Waals surface area contributed by atoms with E-state index >= 15 is 0 Å². The number of benzene rings is 1. The molecular weight excluding hydrogens is 403 g/mol. The summed E-state index contributed by atoms with van der Waals surface area (Å²) in [5.74, 6) is -0.230. The van der Waals surface area contributed by atoms with Crippen LogP contribution in [-0.2, 0) is 11.3 Å². The zero-order valence-electron chi connectivity index (χ0n) is 12.4. The molecular formula is C15H22ClIN2O2. The number of esters is 1. The van der Waals surface area contributed by atoms with E-state index in [1.165, 1.54) is 5.56 Å². The number of piperazine rings is 1. The minimum absolute atomic E-state index is 0. The molecule has 1 fully saturated rings. The molecule has 1 aliphatic heterocycles.